The fraction of sp³-hybridized carbons (Fsp3) is 0.205. The zero-order valence-electron chi connectivity index (χ0n) is 31.5. The van der Waals surface area contributed by atoms with Gasteiger partial charge in [-0.25, -0.2) is 4.98 Å². The number of hydrogen-bond donors (Lipinski definition) is 0. The van der Waals surface area contributed by atoms with Crippen LogP contribution in [0.4, 0.5) is 0 Å². The number of benzene rings is 5. The topological polar surface area (TPSA) is 51.8 Å². The first-order valence-corrected chi connectivity index (χ1v) is 16.2. The Balaban J connectivity index is 0.000000230. The van der Waals surface area contributed by atoms with Crippen molar-refractivity contribution in [1.29, 1.82) is 0 Å². The minimum absolute atomic E-state index is 0. The molecule has 0 aliphatic carbocycles. The Morgan fingerprint density at radius 2 is 1.45 bits per heavy atom. The first-order valence-electron chi connectivity index (χ1n) is 17.7. The molecular weight excluding hydrogens is 779 g/mol. The molecule has 0 unspecified atom stereocenters. The zero-order valence-corrected chi connectivity index (χ0v) is 30.9. The maximum absolute atomic E-state index is 8.20. The van der Waals surface area contributed by atoms with Crippen LogP contribution in [0, 0.1) is 19.0 Å². The normalized spacial score (nSPS) is 13.0. The van der Waals surface area contributed by atoms with Gasteiger partial charge in [0.1, 0.15) is 11.9 Å². The Hall–Kier alpha value is -4.70. The van der Waals surface area contributed by atoms with Gasteiger partial charge in [0, 0.05) is 52.3 Å². The molecule has 8 rings (SSSR count). The Kier molecular flexibility index (Phi) is 8.25. The summed E-state index contributed by atoms with van der Waals surface area (Å²) in [6, 6.07) is 38.3. The van der Waals surface area contributed by atoms with Crippen molar-refractivity contribution in [2.24, 2.45) is 0 Å². The number of aryl methyl sites for hydroxylation is 1. The monoisotopic (exact) mass is 821 g/mol. The molecule has 4 nitrogen and oxygen atoms in total. The van der Waals surface area contributed by atoms with Crippen molar-refractivity contribution in [2.75, 3.05) is 0 Å². The second kappa shape index (κ2) is 13.3. The molecule has 0 saturated heterocycles. The van der Waals surface area contributed by atoms with Crippen molar-refractivity contribution in [3.63, 3.8) is 0 Å². The predicted molar refractivity (Wildman–Crippen MR) is 199 cm³/mol. The molecule has 0 atom stereocenters. The van der Waals surface area contributed by atoms with Crippen LogP contribution in [-0.2, 0) is 30.9 Å². The molecule has 5 heteroatoms. The summed E-state index contributed by atoms with van der Waals surface area (Å²) in [6.45, 7) is 10.5. The van der Waals surface area contributed by atoms with Crippen LogP contribution in [0.2, 0.25) is 0 Å². The number of rotatable bonds is 2. The van der Waals surface area contributed by atoms with Gasteiger partial charge in [0.15, 0.2) is 0 Å². The summed E-state index contributed by atoms with van der Waals surface area (Å²) in [5.74, 6) is 0. The van der Waals surface area contributed by atoms with Crippen molar-refractivity contribution in [1.82, 2.24) is 15.0 Å². The third-order valence-corrected chi connectivity index (χ3v) is 8.73. The summed E-state index contributed by atoms with van der Waals surface area (Å²) in [6.07, 6.45) is 3.50. The summed E-state index contributed by atoms with van der Waals surface area (Å²) < 4.78 is 31.2. The molecule has 0 aliphatic heterocycles. The van der Waals surface area contributed by atoms with Gasteiger partial charge in [-0.15, -0.1) is 53.6 Å². The summed E-state index contributed by atoms with van der Waals surface area (Å²) in [7, 11) is 0. The number of fused-ring (bicyclic) bond motifs is 7. The second-order valence-corrected chi connectivity index (χ2v) is 14.2. The molecule has 3 aromatic heterocycles. The van der Waals surface area contributed by atoms with Crippen LogP contribution in [0.5, 0.6) is 0 Å². The molecule has 3 heterocycles. The van der Waals surface area contributed by atoms with E-state index in [2.05, 4.69) is 105 Å². The molecule has 5 aromatic carbocycles. The molecule has 0 aliphatic rings. The summed E-state index contributed by atoms with van der Waals surface area (Å²) in [5.41, 5.74) is 6.81. The van der Waals surface area contributed by atoms with Crippen molar-refractivity contribution >= 4 is 43.5 Å². The van der Waals surface area contributed by atoms with E-state index in [-0.39, 0.29) is 36.5 Å². The third kappa shape index (κ3) is 6.66. The molecule has 0 spiro atoms. The molecule has 0 fully saturated rings. The van der Waals surface area contributed by atoms with E-state index in [0.717, 1.165) is 43.9 Å². The van der Waals surface area contributed by atoms with Crippen molar-refractivity contribution in [3.8, 4) is 22.5 Å². The molecule has 1 radical (unpaired) electrons. The largest absolute Gasteiger partial charge is 0.500 e. The van der Waals surface area contributed by atoms with Gasteiger partial charge in [-0.05, 0) is 38.5 Å². The standard InChI is InChI=1S/C29H23N2O.C15H16N.Ir/c1-17-9-13-21(23-15-24(29(2,3)4)31-16-30-23)27-25(17)22-14-12-19-11-10-18-7-5-6-8-20(18)26(19)28(22)32-27;1-15(2,3)13-9-10-14(16-11-13)12-7-5-4-6-8-12;/h5-12,14-16H,1-4H3;4-7,9-11H,1-3H3;/q2*-1;/i1D3;;. The van der Waals surface area contributed by atoms with Gasteiger partial charge in [-0.3, -0.25) is 4.98 Å². The molecular formula is C44H39IrN3O-2. The Bertz CT molecular complexity index is 2530. The van der Waals surface area contributed by atoms with Crippen molar-refractivity contribution in [3.05, 3.63) is 139 Å². The summed E-state index contributed by atoms with van der Waals surface area (Å²) in [5, 5.41) is 5.52. The Morgan fingerprint density at radius 1 is 0.673 bits per heavy atom. The first kappa shape index (κ1) is 30.4. The number of furan rings is 1. The molecule has 0 N–H and O–H groups in total. The van der Waals surface area contributed by atoms with Crippen LogP contribution < -0.4 is 0 Å². The van der Waals surface area contributed by atoms with Gasteiger partial charge in [0.25, 0.3) is 0 Å². The van der Waals surface area contributed by atoms with Crippen LogP contribution in [0.25, 0.3) is 66.0 Å². The Morgan fingerprint density at radius 3 is 2.16 bits per heavy atom. The molecule has 247 valence electrons. The minimum atomic E-state index is -2.32. The average Bonchev–Trinajstić information content (AvgIpc) is 3.50. The van der Waals surface area contributed by atoms with Crippen LogP contribution in [-0.4, -0.2) is 15.0 Å². The minimum Gasteiger partial charge on any atom is -0.500 e. The number of pyridine rings is 1. The average molecular weight is 821 g/mol. The van der Waals surface area contributed by atoms with Crippen LogP contribution in [0.3, 0.4) is 0 Å². The molecule has 0 saturated carbocycles. The third-order valence-electron chi connectivity index (χ3n) is 8.73. The van der Waals surface area contributed by atoms with Gasteiger partial charge in [0.2, 0.25) is 0 Å². The quantitative estimate of drug-likeness (QED) is 0.129. The second-order valence-electron chi connectivity index (χ2n) is 14.2. The summed E-state index contributed by atoms with van der Waals surface area (Å²) in [4.78, 5) is 13.4. The van der Waals surface area contributed by atoms with E-state index in [1.807, 2.05) is 60.8 Å². The van der Waals surface area contributed by atoms with E-state index in [4.69, 9.17) is 8.53 Å². The van der Waals surface area contributed by atoms with Gasteiger partial charge < -0.3 is 9.40 Å². The van der Waals surface area contributed by atoms with Gasteiger partial charge in [-0.1, -0.05) is 126 Å². The fourth-order valence-corrected chi connectivity index (χ4v) is 6.01. The smallest absolute Gasteiger partial charge is 0.129 e. The SMILES string of the molecule is CC(C)(C)c1ccc(-c2[c-]cccc2)nc1.[2H]C([2H])([2H])c1c[c-]c(-c2cc(C(C)(C)C)ncn2)c2oc3c(ccc4ccc5ccccc5c43)c12.[Ir]. The number of aromatic nitrogens is 3. The molecule has 0 bridgehead atoms. The first-order chi connectivity index (χ1) is 24.2. The molecule has 8 aromatic rings. The van der Waals surface area contributed by atoms with E-state index < -0.39 is 6.85 Å². The molecule has 49 heavy (non-hydrogen) atoms. The van der Waals surface area contributed by atoms with Crippen LogP contribution in [0.15, 0.2) is 114 Å². The summed E-state index contributed by atoms with van der Waals surface area (Å²) >= 11 is 0. The van der Waals surface area contributed by atoms with Crippen LogP contribution >= 0.6 is 0 Å². The zero-order chi connectivity index (χ0) is 36.1. The van der Waals surface area contributed by atoms with E-state index in [1.54, 1.807) is 12.4 Å². The van der Waals surface area contributed by atoms with E-state index >= 15 is 0 Å². The number of nitrogens with zero attached hydrogens (tertiary/aromatic N) is 3. The van der Waals surface area contributed by atoms with Crippen molar-refractivity contribution in [2.45, 2.75) is 59.2 Å². The predicted octanol–water partition coefficient (Wildman–Crippen LogP) is 11.6. The van der Waals surface area contributed by atoms with E-state index in [1.165, 1.54) is 5.56 Å². The van der Waals surface area contributed by atoms with Crippen LogP contribution in [0.1, 0.15) is 62.5 Å². The van der Waals surface area contributed by atoms with E-state index in [0.29, 0.717) is 27.8 Å². The Labute approximate surface area is 306 Å². The number of hydrogen-bond acceptors (Lipinski definition) is 4. The fourth-order valence-electron chi connectivity index (χ4n) is 6.01. The van der Waals surface area contributed by atoms with Gasteiger partial charge >= 0.3 is 0 Å². The maximum Gasteiger partial charge on any atom is 0.129 e. The maximum atomic E-state index is 8.20. The van der Waals surface area contributed by atoms with Crippen molar-refractivity contribution < 1.29 is 28.6 Å². The van der Waals surface area contributed by atoms with Gasteiger partial charge in [-0.2, -0.15) is 0 Å². The van der Waals surface area contributed by atoms with E-state index in [9.17, 15) is 0 Å². The molecule has 0 amide bonds. The van der Waals surface area contributed by atoms with Gasteiger partial charge in [0.05, 0.1) is 5.58 Å².